The summed E-state index contributed by atoms with van der Waals surface area (Å²) in [5.41, 5.74) is 3.10. The number of aryl methyl sites for hydroxylation is 1. The molecule has 3 heterocycles. The van der Waals surface area contributed by atoms with Crippen molar-refractivity contribution >= 4 is 52.0 Å². The summed E-state index contributed by atoms with van der Waals surface area (Å²) in [5.74, 6) is 0.734. The molecule has 1 aliphatic heterocycles. The van der Waals surface area contributed by atoms with Gasteiger partial charge in [0.15, 0.2) is 10.9 Å². The van der Waals surface area contributed by atoms with Crippen LogP contribution in [0.15, 0.2) is 51.5 Å². The fraction of sp³-hybridized carbons (Fsp3) is 0.273. The first-order valence-electron chi connectivity index (χ1n) is 10.2. The largest absolute Gasteiger partial charge is 0.360 e. The van der Waals surface area contributed by atoms with Crippen LogP contribution in [-0.4, -0.2) is 32.1 Å². The summed E-state index contributed by atoms with van der Waals surface area (Å²) in [6, 6.07) is 9.07. The van der Waals surface area contributed by atoms with E-state index in [1.165, 1.54) is 11.3 Å². The fourth-order valence-corrected chi connectivity index (χ4v) is 5.18. The number of aromatic nitrogens is 2. The van der Waals surface area contributed by atoms with Crippen LogP contribution in [0.5, 0.6) is 0 Å². The first-order valence-corrected chi connectivity index (χ1v) is 11.8. The SMILES string of the molecule is CC1=C(C(=O)Nc2cc(C)on2)C(c2csc(-c3ccc(Cl)cc3)n2)NC(=S)N1C1CC1. The number of carbonyl (C=O) groups excluding carboxylic acids is 1. The molecule has 1 fully saturated rings. The standard InChI is InChI=1S/C22H20ClN5O2S2/c1-11-9-17(27-30-11)25-20(29)18-12(2)28(15-7-8-15)22(31)26-19(18)16-10-32-21(24-16)13-3-5-14(23)6-4-13/h3-6,9-10,15,19H,7-8H2,1-2H3,(H,26,31)(H,25,27,29). The van der Waals surface area contributed by atoms with Crippen molar-refractivity contribution in [1.29, 1.82) is 0 Å². The van der Waals surface area contributed by atoms with Gasteiger partial charge >= 0.3 is 0 Å². The van der Waals surface area contributed by atoms with Gasteiger partial charge in [-0.05, 0) is 51.0 Å². The van der Waals surface area contributed by atoms with E-state index in [-0.39, 0.29) is 5.91 Å². The highest BCUT2D eigenvalue weighted by Crippen LogP contribution is 2.39. The Morgan fingerprint density at radius 3 is 2.72 bits per heavy atom. The smallest absolute Gasteiger partial charge is 0.257 e. The summed E-state index contributed by atoms with van der Waals surface area (Å²) < 4.78 is 5.09. The molecule has 0 spiro atoms. The van der Waals surface area contributed by atoms with Gasteiger partial charge < -0.3 is 20.1 Å². The van der Waals surface area contributed by atoms with E-state index in [0.29, 0.717) is 33.3 Å². The van der Waals surface area contributed by atoms with E-state index in [0.717, 1.165) is 34.8 Å². The zero-order chi connectivity index (χ0) is 22.4. The van der Waals surface area contributed by atoms with Crippen LogP contribution in [0.2, 0.25) is 5.02 Å². The number of thiocarbonyl (C=S) groups is 1. The molecule has 7 nitrogen and oxygen atoms in total. The van der Waals surface area contributed by atoms with Crippen LogP contribution in [0.1, 0.15) is 37.3 Å². The molecule has 1 aliphatic carbocycles. The van der Waals surface area contributed by atoms with Crippen LogP contribution in [0, 0.1) is 6.92 Å². The van der Waals surface area contributed by atoms with Gasteiger partial charge in [0.1, 0.15) is 16.8 Å². The van der Waals surface area contributed by atoms with Gasteiger partial charge in [0.2, 0.25) is 0 Å². The number of thiazole rings is 1. The number of rotatable bonds is 5. The van der Waals surface area contributed by atoms with Gasteiger partial charge in [-0.1, -0.05) is 28.9 Å². The number of carbonyl (C=O) groups is 1. The Morgan fingerprint density at radius 1 is 1.31 bits per heavy atom. The third kappa shape index (κ3) is 4.03. The van der Waals surface area contributed by atoms with Crippen molar-refractivity contribution in [1.82, 2.24) is 20.4 Å². The third-order valence-electron chi connectivity index (χ3n) is 5.46. The Bertz CT molecular complexity index is 1230. The monoisotopic (exact) mass is 485 g/mol. The minimum absolute atomic E-state index is 0.262. The van der Waals surface area contributed by atoms with E-state index >= 15 is 0 Å². The Morgan fingerprint density at radius 2 is 2.06 bits per heavy atom. The van der Waals surface area contributed by atoms with Crippen LogP contribution in [0.25, 0.3) is 10.6 Å². The summed E-state index contributed by atoms with van der Waals surface area (Å²) in [4.78, 5) is 20.2. The molecule has 2 aromatic heterocycles. The number of hydrogen-bond acceptors (Lipinski definition) is 6. The van der Waals surface area contributed by atoms with Gasteiger partial charge in [-0.3, -0.25) is 4.79 Å². The van der Waals surface area contributed by atoms with Crippen LogP contribution >= 0.6 is 35.2 Å². The minimum atomic E-state index is -0.470. The number of allylic oxidation sites excluding steroid dienone is 1. The fourth-order valence-electron chi connectivity index (χ4n) is 3.80. The van der Waals surface area contributed by atoms with E-state index in [1.54, 1.807) is 13.0 Å². The molecule has 1 atom stereocenters. The number of halogens is 1. The third-order valence-corrected chi connectivity index (χ3v) is 6.94. The van der Waals surface area contributed by atoms with E-state index in [4.69, 9.17) is 33.3 Å². The molecule has 2 N–H and O–H groups in total. The summed E-state index contributed by atoms with van der Waals surface area (Å²) >= 11 is 13.2. The zero-order valence-electron chi connectivity index (χ0n) is 17.4. The molecule has 32 heavy (non-hydrogen) atoms. The van der Waals surface area contributed by atoms with Crippen molar-refractivity contribution in [3.63, 3.8) is 0 Å². The molecule has 3 aromatic rings. The van der Waals surface area contributed by atoms with Gasteiger partial charge in [-0.15, -0.1) is 11.3 Å². The molecule has 1 saturated carbocycles. The number of nitrogens with zero attached hydrogens (tertiary/aromatic N) is 3. The maximum absolute atomic E-state index is 13.4. The molecule has 0 radical (unpaired) electrons. The Balaban J connectivity index is 1.51. The van der Waals surface area contributed by atoms with Crippen molar-refractivity contribution < 1.29 is 9.32 Å². The molecule has 1 aromatic carbocycles. The molecule has 1 amide bonds. The van der Waals surface area contributed by atoms with Crippen LogP contribution in [-0.2, 0) is 4.79 Å². The van der Waals surface area contributed by atoms with Gasteiger partial charge in [-0.25, -0.2) is 4.98 Å². The predicted molar refractivity (Wildman–Crippen MR) is 128 cm³/mol. The maximum Gasteiger partial charge on any atom is 0.257 e. The van der Waals surface area contributed by atoms with Crippen molar-refractivity contribution in [2.45, 2.75) is 38.8 Å². The van der Waals surface area contributed by atoms with E-state index in [1.807, 2.05) is 41.5 Å². The highest BCUT2D eigenvalue weighted by molar-refractivity contribution is 7.80. The number of nitrogens with one attached hydrogen (secondary N) is 2. The van der Waals surface area contributed by atoms with Crippen molar-refractivity contribution in [3.05, 3.63) is 63.5 Å². The molecule has 164 valence electrons. The van der Waals surface area contributed by atoms with Crippen LogP contribution in [0.3, 0.4) is 0 Å². The molecule has 10 heteroatoms. The zero-order valence-corrected chi connectivity index (χ0v) is 19.8. The average molecular weight is 486 g/mol. The first-order chi connectivity index (χ1) is 15.4. The van der Waals surface area contributed by atoms with E-state index in [2.05, 4.69) is 15.8 Å². The second kappa shape index (κ2) is 8.31. The highest BCUT2D eigenvalue weighted by atomic mass is 35.5. The quantitative estimate of drug-likeness (QED) is 0.488. The van der Waals surface area contributed by atoms with Crippen LogP contribution in [0.4, 0.5) is 5.82 Å². The lowest BCUT2D eigenvalue weighted by Gasteiger charge is -2.37. The Kier molecular flexibility index (Phi) is 5.48. The highest BCUT2D eigenvalue weighted by Gasteiger charge is 2.41. The number of amides is 1. The second-order valence-corrected chi connectivity index (χ2v) is 9.53. The van der Waals surface area contributed by atoms with E-state index in [9.17, 15) is 4.79 Å². The summed E-state index contributed by atoms with van der Waals surface area (Å²) in [5, 5.41) is 14.2. The predicted octanol–water partition coefficient (Wildman–Crippen LogP) is 5.07. The van der Waals surface area contributed by atoms with Crippen molar-refractivity contribution in [2.24, 2.45) is 0 Å². The first kappa shape index (κ1) is 21.1. The summed E-state index contributed by atoms with van der Waals surface area (Å²) in [7, 11) is 0. The van der Waals surface area contributed by atoms with Gasteiger partial charge in [0.05, 0.1) is 11.3 Å². The lowest BCUT2D eigenvalue weighted by Crippen LogP contribution is -2.49. The number of benzene rings is 1. The van der Waals surface area contributed by atoms with Gasteiger partial charge in [-0.2, -0.15) is 0 Å². The lowest BCUT2D eigenvalue weighted by molar-refractivity contribution is -0.113. The molecule has 5 rings (SSSR count). The number of anilines is 1. The average Bonchev–Trinajstić information content (AvgIpc) is 3.30. The van der Waals surface area contributed by atoms with Gasteiger partial charge in [0.25, 0.3) is 5.91 Å². The second-order valence-electron chi connectivity index (χ2n) is 7.84. The summed E-state index contributed by atoms with van der Waals surface area (Å²) in [6.45, 7) is 3.72. The van der Waals surface area contributed by atoms with E-state index < -0.39 is 6.04 Å². The molecule has 2 aliphatic rings. The normalized spacial score (nSPS) is 18.7. The number of hydrogen-bond donors (Lipinski definition) is 2. The maximum atomic E-state index is 13.4. The lowest BCUT2D eigenvalue weighted by atomic mass is 9.98. The summed E-state index contributed by atoms with van der Waals surface area (Å²) in [6.07, 6.45) is 2.11. The minimum Gasteiger partial charge on any atom is -0.360 e. The van der Waals surface area contributed by atoms with Gasteiger partial charge in [0, 0.05) is 33.8 Å². The molecule has 0 saturated heterocycles. The topological polar surface area (TPSA) is 83.3 Å². The molecular formula is C22H20ClN5O2S2. The molecular weight excluding hydrogens is 466 g/mol. The molecule has 0 bridgehead atoms. The Labute approximate surface area is 199 Å². The van der Waals surface area contributed by atoms with Crippen molar-refractivity contribution in [3.8, 4) is 10.6 Å². The Hall–Kier alpha value is -2.75. The van der Waals surface area contributed by atoms with Crippen LogP contribution < -0.4 is 10.6 Å². The molecule has 1 unspecified atom stereocenters. The van der Waals surface area contributed by atoms with Crippen molar-refractivity contribution in [2.75, 3.05) is 5.32 Å².